The monoisotopic (exact) mass is 349 g/mol. The Hall–Kier alpha value is -1.40. The lowest BCUT2D eigenvalue weighted by Crippen LogP contribution is -2.32. The van der Waals surface area contributed by atoms with E-state index in [1.54, 1.807) is 11.8 Å². The lowest BCUT2D eigenvalue weighted by atomic mass is 10.0. The zero-order chi connectivity index (χ0) is 15.9. The highest BCUT2D eigenvalue weighted by atomic mass is 32.2. The Labute approximate surface area is 141 Å². The highest BCUT2D eigenvalue weighted by Crippen LogP contribution is 2.43. The van der Waals surface area contributed by atoms with Gasteiger partial charge in [-0.05, 0) is 31.7 Å². The minimum absolute atomic E-state index is 0.536. The van der Waals surface area contributed by atoms with E-state index in [9.17, 15) is 8.42 Å². The lowest BCUT2D eigenvalue weighted by Gasteiger charge is -2.34. The van der Waals surface area contributed by atoms with Crippen molar-refractivity contribution in [3.05, 3.63) is 46.5 Å². The molecule has 0 spiro atoms. The molecule has 1 fully saturated rings. The summed E-state index contributed by atoms with van der Waals surface area (Å²) in [5, 5.41) is 1.33. The van der Waals surface area contributed by atoms with Gasteiger partial charge in [0.2, 0.25) is 0 Å². The molecule has 0 unspecified atom stereocenters. The van der Waals surface area contributed by atoms with Crippen LogP contribution in [0.3, 0.4) is 0 Å². The molecule has 1 aromatic rings. The molecule has 3 aliphatic rings. The molecule has 0 saturated carbocycles. The van der Waals surface area contributed by atoms with Gasteiger partial charge in [-0.15, -0.1) is 11.8 Å². The van der Waals surface area contributed by atoms with E-state index in [0.717, 1.165) is 59.8 Å². The molecule has 122 valence electrons. The van der Waals surface area contributed by atoms with Crippen molar-refractivity contribution >= 4 is 27.6 Å². The van der Waals surface area contributed by atoms with Crippen molar-refractivity contribution in [1.29, 1.82) is 0 Å². The van der Waals surface area contributed by atoms with Crippen LogP contribution in [0, 0.1) is 0 Å². The smallest absolute Gasteiger partial charge is 0.334 e. The van der Waals surface area contributed by atoms with Gasteiger partial charge in [0.15, 0.2) is 5.76 Å². The normalized spacial score (nSPS) is 23.3. The Kier molecular flexibility index (Phi) is 3.89. The molecule has 4 rings (SSSR count). The fourth-order valence-corrected chi connectivity index (χ4v) is 5.46. The van der Waals surface area contributed by atoms with Crippen molar-refractivity contribution in [2.75, 3.05) is 18.8 Å². The van der Waals surface area contributed by atoms with Crippen LogP contribution in [0.1, 0.15) is 31.2 Å². The van der Waals surface area contributed by atoms with Crippen LogP contribution in [0.15, 0.2) is 45.8 Å². The zero-order valence-corrected chi connectivity index (χ0v) is 14.5. The molecule has 0 bridgehead atoms. The third kappa shape index (κ3) is 2.90. The first-order valence-corrected chi connectivity index (χ1v) is 10.5. The van der Waals surface area contributed by atoms with Gasteiger partial charge in [-0.25, -0.2) is 0 Å². The molecule has 3 aliphatic heterocycles. The average Bonchev–Trinajstić information content (AvgIpc) is 2.74. The second-order valence-electron chi connectivity index (χ2n) is 6.03. The van der Waals surface area contributed by atoms with Crippen molar-refractivity contribution in [2.45, 2.75) is 30.6 Å². The molecule has 0 atom stereocenters. The molecular weight excluding hydrogens is 330 g/mol. The minimum atomic E-state index is -3.68. The van der Waals surface area contributed by atoms with Gasteiger partial charge >= 0.3 is 10.1 Å². The highest BCUT2D eigenvalue weighted by Gasteiger charge is 2.32. The molecule has 23 heavy (non-hydrogen) atoms. The molecule has 0 N–H and O–H groups in total. The van der Waals surface area contributed by atoms with Gasteiger partial charge in [0, 0.05) is 34.9 Å². The van der Waals surface area contributed by atoms with Gasteiger partial charge in [0.05, 0.1) is 11.1 Å². The number of allylic oxidation sites excluding steroid dienone is 1. The summed E-state index contributed by atoms with van der Waals surface area (Å²) in [5.74, 6) is 1.47. The summed E-state index contributed by atoms with van der Waals surface area (Å²) < 4.78 is 30.1. The third-order valence-electron chi connectivity index (χ3n) is 4.48. The quantitative estimate of drug-likeness (QED) is 0.725. The highest BCUT2D eigenvalue weighted by molar-refractivity contribution is 7.99. The predicted molar refractivity (Wildman–Crippen MR) is 92.2 cm³/mol. The van der Waals surface area contributed by atoms with Crippen LogP contribution in [0.25, 0.3) is 5.76 Å². The number of fused-ring (bicyclic) bond motifs is 2. The van der Waals surface area contributed by atoms with Crippen LogP contribution in [0.2, 0.25) is 0 Å². The Bertz CT molecular complexity index is 790. The van der Waals surface area contributed by atoms with Gasteiger partial charge in [-0.1, -0.05) is 18.2 Å². The van der Waals surface area contributed by atoms with Crippen LogP contribution in [0.4, 0.5) is 0 Å². The van der Waals surface area contributed by atoms with Gasteiger partial charge in [0.1, 0.15) is 0 Å². The molecule has 4 nitrogen and oxygen atoms in total. The van der Waals surface area contributed by atoms with Gasteiger partial charge in [0.25, 0.3) is 0 Å². The third-order valence-corrected chi connectivity index (χ3v) is 6.46. The largest absolute Gasteiger partial charge is 0.378 e. The molecule has 0 amide bonds. The number of hydrogen-bond donors (Lipinski definition) is 0. The Balaban J connectivity index is 1.86. The number of nitrogens with zero attached hydrogens (tertiary/aromatic N) is 1. The van der Waals surface area contributed by atoms with Gasteiger partial charge < -0.3 is 9.08 Å². The summed E-state index contributed by atoms with van der Waals surface area (Å²) in [5.41, 5.74) is 2.79. The van der Waals surface area contributed by atoms with E-state index in [-0.39, 0.29) is 0 Å². The second kappa shape index (κ2) is 5.91. The lowest BCUT2D eigenvalue weighted by molar-refractivity contribution is 0.287. The molecule has 1 saturated heterocycles. The predicted octanol–water partition coefficient (Wildman–Crippen LogP) is 3.58. The molecule has 1 aromatic carbocycles. The zero-order valence-electron chi connectivity index (χ0n) is 12.8. The van der Waals surface area contributed by atoms with E-state index in [2.05, 4.69) is 4.90 Å². The van der Waals surface area contributed by atoms with Crippen LogP contribution < -0.4 is 0 Å². The molecular formula is C17H19NO3S2. The summed E-state index contributed by atoms with van der Waals surface area (Å²) >= 11 is 1.76. The van der Waals surface area contributed by atoms with E-state index in [4.69, 9.17) is 4.18 Å². The fourth-order valence-electron chi connectivity index (χ4n) is 3.41. The molecule has 0 radical (unpaired) electrons. The SMILES string of the molecule is O=S1(=O)C=C(N2CCCCC2)C2=C(O1)c1ccccc1SCC2. The van der Waals surface area contributed by atoms with Crippen molar-refractivity contribution in [3.8, 4) is 0 Å². The maximum Gasteiger partial charge on any atom is 0.334 e. The standard InChI is InChI=1S/C17H19NO3S2/c19-23(20)12-15(18-9-4-1-5-10-18)13-8-11-22-16-7-3-2-6-14(16)17(13)21-23/h2-3,6-7,12H,1,4-5,8-11H2. The Morgan fingerprint density at radius 2 is 1.87 bits per heavy atom. The van der Waals surface area contributed by atoms with Crippen LogP contribution in [-0.4, -0.2) is 32.2 Å². The molecule has 6 heteroatoms. The van der Waals surface area contributed by atoms with E-state index < -0.39 is 10.1 Å². The first kappa shape index (κ1) is 15.1. The summed E-state index contributed by atoms with van der Waals surface area (Å²) in [6.07, 6.45) is 4.28. The summed E-state index contributed by atoms with van der Waals surface area (Å²) in [6.45, 7) is 1.85. The van der Waals surface area contributed by atoms with Crippen LogP contribution >= 0.6 is 11.8 Å². The van der Waals surface area contributed by atoms with Crippen LogP contribution in [-0.2, 0) is 14.3 Å². The Morgan fingerprint density at radius 1 is 1.09 bits per heavy atom. The van der Waals surface area contributed by atoms with Crippen molar-refractivity contribution in [1.82, 2.24) is 4.90 Å². The Morgan fingerprint density at radius 3 is 2.70 bits per heavy atom. The summed E-state index contributed by atoms with van der Waals surface area (Å²) in [7, 11) is -3.68. The van der Waals surface area contributed by atoms with Crippen molar-refractivity contribution in [2.24, 2.45) is 0 Å². The van der Waals surface area contributed by atoms with E-state index in [1.165, 1.54) is 11.8 Å². The topological polar surface area (TPSA) is 46.6 Å². The maximum atomic E-state index is 12.3. The molecule has 0 aromatic heterocycles. The number of benzene rings is 1. The van der Waals surface area contributed by atoms with Crippen molar-refractivity contribution < 1.29 is 12.6 Å². The van der Waals surface area contributed by atoms with Crippen molar-refractivity contribution in [3.63, 3.8) is 0 Å². The fraction of sp³-hybridized carbons (Fsp3) is 0.412. The average molecular weight is 349 g/mol. The summed E-state index contributed by atoms with van der Waals surface area (Å²) in [6, 6.07) is 7.91. The first-order valence-electron chi connectivity index (χ1n) is 8.01. The minimum Gasteiger partial charge on any atom is -0.378 e. The summed E-state index contributed by atoms with van der Waals surface area (Å²) in [4.78, 5) is 3.31. The van der Waals surface area contributed by atoms with E-state index in [1.807, 2.05) is 24.3 Å². The molecule has 3 heterocycles. The number of hydrogen-bond acceptors (Lipinski definition) is 5. The first-order chi connectivity index (χ1) is 11.1. The number of piperidine rings is 1. The van der Waals surface area contributed by atoms with E-state index in [0.29, 0.717) is 5.76 Å². The number of likely N-dealkylation sites (tertiary alicyclic amines) is 1. The number of rotatable bonds is 1. The second-order valence-corrected chi connectivity index (χ2v) is 8.55. The maximum absolute atomic E-state index is 12.3. The van der Waals surface area contributed by atoms with Gasteiger partial charge in [-0.3, -0.25) is 0 Å². The number of thioether (sulfide) groups is 1. The van der Waals surface area contributed by atoms with Gasteiger partial charge in [-0.2, -0.15) is 8.42 Å². The van der Waals surface area contributed by atoms with E-state index >= 15 is 0 Å². The van der Waals surface area contributed by atoms with Crippen LogP contribution in [0.5, 0.6) is 0 Å². The molecule has 0 aliphatic carbocycles.